The van der Waals surface area contributed by atoms with Crippen molar-refractivity contribution >= 4 is 41.4 Å². The Labute approximate surface area is 199 Å². The van der Waals surface area contributed by atoms with Crippen LogP contribution in [0, 0.1) is 0 Å². The van der Waals surface area contributed by atoms with Crippen LogP contribution in [0.3, 0.4) is 0 Å². The van der Waals surface area contributed by atoms with Gasteiger partial charge in [-0.15, -0.1) is 10.2 Å². The monoisotopic (exact) mass is 478 g/mol. The molecule has 0 aliphatic carbocycles. The molecule has 172 valence electrons. The maximum absolute atomic E-state index is 6.11. The standard InChI is InChI=1S/C24H30N6OSSi/c1-17(2)23-28-29-24(32-23)30(16-31-14-15-33(3,4)5)21-10-9-20-22(27-21)18(11-13-26-20)19-8-6-7-12-25-19/h6-13,17H,14-16H2,1-5H3. The van der Waals surface area contributed by atoms with Crippen LogP contribution < -0.4 is 4.90 Å². The van der Waals surface area contributed by atoms with E-state index in [1.54, 1.807) is 23.7 Å². The first kappa shape index (κ1) is 23.4. The van der Waals surface area contributed by atoms with E-state index in [-0.39, 0.29) is 0 Å². The van der Waals surface area contributed by atoms with E-state index >= 15 is 0 Å². The molecule has 0 saturated carbocycles. The Kier molecular flexibility index (Phi) is 7.11. The van der Waals surface area contributed by atoms with Crippen LogP contribution in [0.25, 0.3) is 22.3 Å². The molecule has 0 aliphatic rings. The second kappa shape index (κ2) is 10.0. The highest BCUT2D eigenvalue weighted by Crippen LogP contribution is 2.32. The van der Waals surface area contributed by atoms with Gasteiger partial charge >= 0.3 is 0 Å². The molecule has 4 heterocycles. The number of hydrogen-bond donors (Lipinski definition) is 0. The first-order valence-corrected chi connectivity index (χ1v) is 15.7. The van der Waals surface area contributed by atoms with Gasteiger partial charge in [-0.2, -0.15) is 0 Å². The van der Waals surface area contributed by atoms with Gasteiger partial charge in [-0.25, -0.2) is 4.98 Å². The van der Waals surface area contributed by atoms with Gasteiger partial charge in [0.15, 0.2) is 0 Å². The molecule has 0 saturated heterocycles. The van der Waals surface area contributed by atoms with Crippen molar-refractivity contribution in [1.82, 2.24) is 25.1 Å². The minimum atomic E-state index is -1.18. The Bertz CT molecular complexity index is 1210. The van der Waals surface area contributed by atoms with Crippen LogP contribution in [0.2, 0.25) is 25.7 Å². The van der Waals surface area contributed by atoms with E-state index in [4.69, 9.17) is 9.72 Å². The summed E-state index contributed by atoms with van der Waals surface area (Å²) in [5, 5.41) is 10.6. The highest BCUT2D eigenvalue weighted by atomic mass is 32.1. The molecule has 0 amide bonds. The quantitative estimate of drug-likeness (QED) is 0.163. The van der Waals surface area contributed by atoms with Crippen molar-refractivity contribution in [2.75, 3.05) is 18.2 Å². The van der Waals surface area contributed by atoms with E-state index in [2.05, 4.69) is 53.7 Å². The second-order valence-corrected chi connectivity index (χ2v) is 16.1. The Balaban J connectivity index is 1.71. The SMILES string of the molecule is CC(C)c1nnc(N(COCC[Si](C)(C)C)c2ccc3nccc(-c4ccccn4)c3n2)s1. The summed E-state index contributed by atoms with van der Waals surface area (Å²) in [6.07, 6.45) is 3.59. The van der Waals surface area contributed by atoms with Crippen molar-refractivity contribution in [1.29, 1.82) is 0 Å². The molecule has 0 spiro atoms. The molecule has 4 aromatic rings. The van der Waals surface area contributed by atoms with Crippen LogP contribution in [-0.2, 0) is 4.74 Å². The predicted octanol–water partition coefficient (Wildman–Crippen LogP) is 6.12. The van der Waals surface area contributed by atoms with Crippen LogP contribution in [0.5, 0.6) is 0 Å². The zero-order valence-corrected chi connectivity index (χ0v) is 21.6. The molecular weight excluding hydrogens is 448 g/mol. The Morgan fingerprint density at radius 3 is 2.55 bits per heavy atom. The van der Waals surface area contributed by atoms with Crippen molar-refractivity contribution in [2.24, 2.45) is 0 Å². The average molecular weight is 479 g/mol. The average Bonchev–Trinajstić information content (AvgIpc) is 3.28. The van der Waals surface area contributed by atoms with Crippen molar-refractivity contribution in [3.8, 4) is 11.3 Å². The Morgan fingerprint density at radius 1 is 1.00 bits per heavy atom. The third kappa shape index (κ3) is 5.79. The van der Waals surface area contributed by atoms with Crippen molar-refractivity contribution in [2.45, 2.75) is 45.5 Å². The van der Waals surface area contributed by atoms with Gasteiger partial charge in [-0.1, -0.05) is 50.9 Å². The minimum absolute atomic E-state index is 0.315. The van der Waals surface area contributed by atoms with Gasteiger partial charge < -0.3 is 4.74 Å². The van der Waals surface area contributed by atoms with Crippen LogP contribution in [0.4, 0.5) is 10.9 Å². The number of aromatic nitrogens is 5. The fourth-order valence-corrected chi connectivity index (χ4v) is 4.82. The van der Waals surface area contributed by atoms with E-state index in [1.165, 1.54) is 0 Å². The van der Waals surface area contributed by atoms with E-state index in [1.807, 2.05) is 41.3 Å². The van der Waals surface area contributed by atoms with Crippen LogP contribution in [-0.4, -0.2) is 46.6 Å². The molecule has 4 aromatic heterocycles. The Morgan fingerprint density at radius 2 is 1.85 bits per heavy atom. The maximum atomic E-state index is 6.11. The molecule has 0 atom stereocenters. The molecular formula is C24H30N6OSSi. The number of ether oxygens (including phenoxy) is 1. The lowest BCUT2D eigenvalue weighted by molar-refractivity contribution is 0.153. The highest BCUT2D eigenvalue weighted by Gasteiger charge is 2.20. The lowest BCUT2D eigenvalue weighted by Gasteiger charge is -2.22. The first-order chi connectivity index (χ1) is 15.8. The van der Waals surface area contributed by atoms with Crippen LogP contribution in [0.1, 0.15) is 24.8 Å². The zero-order chi connectivity index (χ0) is 23.4. The van der Waals surface area contributed by atoms with Crippen molar-refractivity contribution in [3.63, 3.8) is 0 Å². The molecule has 0 radical (unpaired) electrons. The molecule has 7 nitrogen and oxygen atoms in total. The number of anilines is 2. The topological polar surface area (TPSA) is 76.9 Å². The summed E-state index contributed by atoms with van der Waals surface area (Å²) in [4.78, 5) is 16.0. The molecule has 0 aliphatic heterocycles. The molecule has 0 N–H and O–H groups in total. The lowest BCUT2D eigenvalue weighted by Crippen LogP contribution is -2.26. The van der Waals surface area contributed by atoms with Crippen molar-refractivity contribution in [3.05, 3.63) is 53.8 Å². The van der Waals surface area contributed by atoms with Gasteiger partial charge in [0, 0.05) is 38.6 Å². The zero-order valence-electron chi connectivity index (χ0n) is 19.8. The van der Waals surface area contributed by atoms with Crippen LogP contribution >= 0.6 is 11.3 Å². The molecule has 0 bridgehead atoms. The number of fused-ring (bicyclic) bond motifs is 1. The largest absolute Gasteiger partial charge is 0.361 e. The molecule has 4 rings (SSSR count). The molecule has 0 fully saturated rings. The highest BCUT2D eigenvalue weighted by molar-refractivity contribution is 7.15. The summed E-state index contributed by atoms with van der Waals surface area (Å²) in [7, 11) is -1.18. The summed E-state index contributed by atoms with van der Waals surface area (Å²) in [5.41, 5.74) is 3.43. The van der Waals surface area contributed by atoms with Gasteiger partial charge in [0.1, 0.15) is 23.1 Å². The molecule has 0 aromatic carbocycles. The van der Waals surface area contributed by atoms with Gasteiger partial charge in [-0.3, -0.25) is 14.9 Å². The minimum Gasteiger partial charge on any atom is -0.361 e. The van der Waals surface area contributed by atoms with Gasteiger partial charge in [0.2, 0.25) is 5.13 Å². The number of hydrogen-bond acceptors (Lipinski definition) is 8. The van der Waals surface area contributed by atoms with E-state index in [9.17, 15) is 0 Å². The normalized spacial score (nSPS) is 11.9. The van der Waals surface area contributed by atoms with E-state index in [0.717, 1.165) is 50.9 Å². The lowest BCUT2D eigenvalue weighted by atomic mass is 10.1. The van der Waals surface area contributed by atoms with Gasteiger partial charge in [-0.05, 0) is 36.4 Å². The summed E-state index contributed by atoms with van der Waals surface area (Å²) < 4.78 is 6.11. The third-order valence-electron chi connectivity index (χ3n) is 5.16. The predicted molar refractivity (Wildman–Crippen MR) is 138 cm³/mol. The molecule has 33 heavy (non-hydrogen) atoms. The fourth-order valence-electron chi connectivity index (χ4n) is 3.22. The maximum Gasteiger partial charge on any atom is 0.215 e. The van der Waals surface area contributed by atoms with E-state index < -0.39 is 8.07 Å². The second-order valence-electron chi connectivity index (χ2n) is 9.46. The first-order valence-electron chi connectivity index (χ1n) is 11.2. The third-order valence-corrected chi connectivity index (χ3v) is 8.11. The van der Waals surface area contributed by atoms with Gasteiger partial charge in [0.25, 0.3) is 0 Å². The smallest absolute Gasteiger partial charge is 0.215 e. The molecule has 9 heteroatoms. The number of nitrogens with zero attached hydrogens (tertiary/aromatic N) is 6. The fraction of sp³-hybridized carbons (Fsp3) is 0.375. The molecule has 0 unspecified atom stereocenters. The summed E-state index contributed by atoms with van der Waals surface area (Å²) in [5.74, 6) is 1.07. The number of rotatable bonds is 9. The van der Waals surface area contributed by atoms with Gasteiger partial charge in [0.05, 0.1) is 11.2 Å². The summed E-state index contributed by atoms with van der Waals surface area (Å²) >= 11 is 1.58. The Hall–Kier alpha value is -2.75. The number of pyridine rings is 3. The summed E-state index contributed by atoms with van der Waals surface area (Å²) in [6, 6.07) is 12.9. The van der Waals surface area contributed by atoms with Crippen LogP contribution in [0.15, 0.2) is 48.8 Å². The summed E-state index contributed by atoms with van der Waals surface area (Å²) in [6.45, 7) is 12.4. The van der Waals surface area contributed by atoms with E-state index in [0.29, 0.717) is 12.6 Å². The van der Waals surface area contributed by atoms with Crippen molar-refractivity contribution < 1.29 is 4.74 Å².